The van der Waals surface area contributed by atoms with Crippen molar-refractivity contribution in [3.8, 4) is 0 Å². The van der Waals surface area contributed by atoms with Crippen LogP contribution in [-0.2, 0) is 4.74 Å². The van der Waals surface area contributed by atoms with E-state index in [4.69, 9.17) is 20.4 Å². The van der Waals surface area contributed by atoms with Crippen LogP contribution in [0.5, 0.6) is 0 Å². The summed E-state index contributed by atoms with van der Waals surface area (Å²) in [6.45, 7) is -0.683. The van der Waals surface area contributed by atoms with Gasteiger partial charge in [-0.25, -0.2) is 0 Å². The van der Waals surface area contributed by atoms with Gasteiger partial charge in [-0.1, -0.05) is 0 Å². The summed E-state index contributed by atoms with van der Waals surface area (Å²) in [5.41, 5.74) is 0. The molecule has 0 aromatic rings. The lowest BCUT2D eigenvalue weighted by atomic mass is 9.96. The Labute approximate surface area is 79.8 Å². The van der Waals surface area contributed by atoms with Crippen molar-refractivity contribution in [3.63, 3.8) is 0 Å². The fourth-order valence-electron chi connectivity index (χ4n) is 1.31. The largest absolute Gasteiger partial charge is 0.394 e. The molecule has 1 aliphatic heterocycles. The fraction of sp³-hybridized carbons (Fsp3) is 1.00. The normalized spacial score (nSPS) is 46.3. The maximum atomic E-state index is 9.31. The third-order valence-electron chi connectivity index (χ3n) is 2.19. The molecule has 0 bridgehead atoms. The first-order chi connectivity index (χ1) is 6.49. The molecule has 2 unspecified atom stereocenters. The van der Waals surface area contributed by atoms with Crippen molar-refractivity contribution in [2.24, 2.45) is 0 Å². The average Bonchev–Trinajstić information content (AvgIpc) is 2.19. The van der Waals surface area contributed by atoms with Crippen molar-refractivity contribution in [1.82, 2.24) is 0 Å². The molecule has 1 fully saturated rings. The van der Waals surface area contributed by atoms with Crippen molar-refractivity contribution in [3.05, 3.63) is 0 Å². The minimum absolute atomic E-state index is 0.683. The highest BCUT2D eigenvalue weighted by molar-refractivity contribution is 4.91. The molecule has 14 heavy (non-hydrogen) atoms. The number of hydrogen-bond acceptors (Lipinski definition) is 7. The van der Waals surface area contributed by atoms with Gasteiger partial charge in [-0.05, 0) is 0 Å². The Balaban J connectivity index is 2.70. The summed E-state index contributed by atoms with van der Waals surface area (Å²) in [7, 11) is 0. The second-order valence-corrected chi connectivity index (χ2v) is 3.21. The van der Waals surface area contributed by atoms with Crippen molar-refractivity contribution in [2.45, 2.75) is 36.8 Å². The summed E-state index contributed by atoms with van der Waals surface area (Å²) in [6, 6.07) is 0. The van der Waals surface area contributed by atoms with Crippen LogP contribution in [0.25, 0.3) is 0 Å². The Hall–Kier alpha value is -0.280. The topological polar surface area (TPSA) is 131 Å². The van der Waals surface area contributed by atoms with Crippen LogP contribution >= 0.6 is 0 Å². The third kappa shape index (κ3) is 2.04. The Bertz CT molecular complexity index is 187. The first-order valence-corrected chi connectivity index (χ1v) is 4.15. The van der Waals surface area contributed by atoms with Gasteiger partial charge in [0.05, 0.1) is 6.61 Å². The second kappa shape index (κ2) is 4.49. The van der Waals surface area contributed by atoms with Crippen molar-refractivity contribution < 1.29 is 35.4 Å². The molecule has 0 aromatic heterocycles. The highest BCUT2D eigenvalue weighted by Crippen LogP contribution is 2.21. The minimum atomic E-state index is -1.69. The van der Waals surface area contributed by atoms with Crippen LogP contribution in [0.2, 0.25) is 0 Å². The Morgan fingerprint density at radius 2 is 1.57 bits per heavy atom. The van der Waals surface area contributed by atoms with Crippen LogP contribution in [0.3, 0.4) is 0 Å². The first kappa shape index (κ1) is 11.8. The third-order valence-corrected chi connectivity index (χ3v) is 2.19. The zero-order valence-corrected chi connectivity index (χ0v) is 7.26. The first-order valence-electron chi connectivity index (χ1n) is 4.15. The predicted octanol–water partition coefficient (Wildman–Crippen LogP) is -3.86. The number of ether oxygens (including phenoxy) is 1. The Morgan fingerprint density at radius 1 is 1.00 bits per heavy atom. The summed E-state index contributed by atoms with van der Waals surface area (Å²) in [6.07, 6.45) is -9.26. The van der Waals surface area contributed by atoms with Gasteiger partial charge in [0.2, 0.25) is 0 Å². The standard InChI is InChI=1S/C7H14O7/c8-1-2(9)6-4(11)3(10)5(12)7(13)14-6/h2-13H,1H2/t2?,3-,4-,5-,6+,7?/m0/s1. The lowest BCUT2D eigenvalue weighted by Crippen LogP contribution is -2.61. The smallest absolute Gasteiger partial charge is 0.184 e. The van der Waals surface area contributed by atoms with Gasteiger partial charge >= 0.3 is 0 Å². The predicted molar refractivity (Wildman–Crippen MR) is 42.0 cm³/mol. The molecule has 0 saturated carbocycles. The highest BCUT2D eigenvalue weighted by Gasteiger charge is 2.45. The molecular formula is C7H14O7. The maximum absolute atomic E-state index is 9.31. The maximum Gasteiger partial charge on any atom is 0.184 e. The van der Waals surface area contributed by atoms with E-state index in [1.165, 1.54) is 0 Å². The molecule has 1 saturated heterocycles. The molecule has 0 aromatic carbocycles. The van der Waals surface area contributed by atoms with Gasteiger partial charge in [-0.3, -0.25) is 0 Å². The molecule has 1 heterocycles. The van der Waals surface area contributed by atoms with Gasteiger partial charge in [0.15, 0.2) is 6.29 Å². The molecule has 7 heteroatoms. The number of aliphatic hydroxyl groups is 6. The van der Waals surface area contributed by atoms with E-state index in [1.807, 2.05) is 0 Å². The SMILES string of the molecule is OCC(O)[C@H]1OC(O)[C@@H](O)[C@@H](O)[C@@H]1O. The summed E-state index contributed by atoms with van der Waals surface area (Å²) >= 11 is 0. The number of hydrogen-bond donors (Lipinski definition) is 6. The lowest BCUT2D eigenvalue weighted by Gasteiger charge is -2.39. The fourth-order valence-corrected chi connectivity index (χ4v) is 1.31. The molecule has 1 rings (SSSR count). The summed E-state index contributed by atoms with van der Waals surface area (Å²) < 4.78 is 4.62. The summed E-state index contributed by atoms with van der Waals surface area (Å²) in [4.78, 5) is 0. The second-order valence-electron chi connectivity index (χ2n) is 3.21. The van der Waals surface area contributed by atoms with E-state index in [-0.39, 0.29) is 0 Å². The quantitative estimate of drug-likeness (QED) is 0.275. The number of rotatable bonds is 2. The molecule has 6 atom stereocenters. The Morgan fingerprint density at radius 3 is 2.07 bits per heavy atom. The van der Waals surface area contributed by atoms with Gasteiger partial charge in [0, 0.05) is 0 Å². The van der Waals surface area contributed by atoms with Crippen LogP contribution in [-0.4, -0.2) is 74.1 Å². The van der Waals surface area contributed by atoms with Crippen LogP contribution in [0.15, 0.2) is 0 Å². The summed E-state index contributed by atoms with van der Waals surface area (Å²) in [5, 5.41) is 54.3. The Kier molecular flexibility index (Phi) is 3.78. The molecule has 0 spiro atoms. The molecule has 6 N–H and O–H groups in total. The van der Waals surface area contributed by atoms with E-state index in [9.17, 15) is 10.2 Å². The molecule has 0 radical (unpaired) electrons. The van der Waals surface area contributed by atoms with Gasteiger partial charge in [0.25, 0.3) is 0 Å². The zero-order chi connectivity index (χ0) is 10.9. The van der Waals surface area contributed by atoms with Gasteiger partial charge < -0.3 is 35.4 Å². The van der Waals surface area contributed by atoms with Gasteiger partial charge in [0.1, 0.15) is 30.5 Å². The minimum Gasteiger partial charge on any atom is -0.394 e. The van der Waals surface area contributed by atoms with E-state index in [2.05, 4.69) is 4.74 Å². The van der Waals surface area contributed by atoms with Crippen LogP contribution < -0.4 is 0 Å². The van der Waals surface area contributed by atoms with E-state index in [0.717, 1.165) is 0 Å². The van der Waals surface area contributed by atoms with Crippen LogP contribution in [0, 0.1) is 0 Å². The highest BCUT2D eigenvalue weighted by atomic mass is 16.6. The molecule has 1 aliphatic rings. The van der Waals surface area contributed by atoms with Crippen LogP contribution in [0.4, 0.5) is 0 Å². The summed E-state index contributed by atoms with van der Waals surface area (Å²) in [5.74, 6) is 0. The van der Waals surface area contributed by atoms with Gasteiger partial charge in [-0.15, -0.1) is 0 Å². The average molecular weight is 210 g/mol. The molecule has 0 amide bonds. The van der Waals surface area contributed by atoms with E-state index < -0.39 is 43.4 Å². The van der Waals surface area contributed by atoms with Gasteiger partial charge in [-0.2, -0.15) is 0 Å². The van der Waals surface area contributed by atoms with E-state index in [0.29, 0.717) is 0 Å². The van der Waals surface area contributed by atoms with E-state index in [1.54, 1.807) is 0 Å². The van der Waals surface area contributed by atoms with Crippen molar-refractivity contribution in [2.75, 3.05) is 6.61 Å². The monoisotopic (exact) mass is 210 g/mol. The molecule has 7 nitrogen and oxygen atoms in total. The van der Waals surface area contributed by atoms with E-state index >= 15 is 0 Å². The molecular weight excluding hydrogens is 196 g/mol. The van der Waals surface area contributed by atoms with Crippen molar-refractivity contribution >= 4 is 0 Å². The van der Waals surface area contributed by atoms with Crippen molar-refractivity contribution in [1.29, 1.82) is 0 Å². The molecule has 0 aliphatic carbocycles. The zero-order valence-electron chi connectivity index (χ0n) is 7.26. The molecule has 84 valence electrons. The lowest BCUT2D eigenvalue weighted by molar-refractivity contribution is -0.298. The number of aliphatic hydroxyl groups excluding tert-OH is 6. The van der Waals surface area contributed by atoms with Crippen LogP contribution in [0.1, 0.15) is 0 Å².